The first-order valence-electron chi connectivity index (χ1n) is 10.1. The first-order chi connectivity index (χ1) is 15.2. The number of fused-ring (bicyclic) bond motifs is 1. The number of halogens is 3. The molecule has 1 fully saturated rings. The minimum absolute atomic E-state index is 0.0371. The highest BCUT2D eigenvalue weighted by atomic mass is 19.4. The highest BCUT2D eigenvalue weighted by molar-refractivity contribution is 5.48. The molecule has 4 N–H and O–H groups in total. The van der Waals surface area contributed by atoms with Crippen LogP contribution in [0, 0.1) is 0 Å². The molecule has 0 saturated carbocycles. The van der Waals surface area contributed by atoms with Crippen LogP contribution in [0.1, 0.15) is 28.9 Å². The van der Waals surface area contributed by atoms with Crippen LogP contribution in [0.15, 0.2) is 48.5 Å². The summed E-state index contributed by atoms with van der Waals surface area (Å²) in [5.74, 6) is 0.134. The van der Waals surface area contributed by atoms with Crippen LogP contribution in [0.5, 0.6) is 5.75 Å². The van der Waals surface area contributed by atoms with Crippen LogP contribution >= 0.6 is 0 Å². The third kappa shape index (κ3) is 4.47. The second-order valence-corrected chi connectivity index (χ2v) is 7.84. The first-order valence-corrected chi connectivity index (χ1v) is 10.1. The van der Waals surface area contributed by atoms with Crippen molar-refractivity contribution >= 4 is 0 Å². The van der Waals surface area contributed by atoms with Gasteiger partial charge in [0.25, 0.3) is 0 Å². The van der Waals surface area contributed by atoms with Gasteiger partial charge in [0.1, 0.15) is 48.5 Å². The van der Waals surface area contributed by atoms with Gasteiger partial charge in [0.05, 0.1) is 6.61 Å². The molecule has 32 heavy (non-hydrogen) atoms. The van der Waals surface area contributed by atoms with Crippen molar-refractivity contribution in [3.8, 4) is 5.75 Å². The number of rotatable bonds is 5. The van der Waals surface area contributed by atoms with E-state index in [1.165, 1.54) is 18.2 Å². The molecule has 10 heteroatoms. The van der Waals surface area contributed by atoms with Crippen LogP contribution in [-0.4, -0.2) is 63.9 Å². The third-order valence-electron chi connectivity index (χ3n) is 5.74. The van der Waals surface area contributed by atoms with Crippen molar-refractivity contribution < 1.29 is 47.8 Å². The number of hydrogen-bond donors (Lipinski definition) is 4. The van der Waals surface area contributed by atoms with E-state index < -0.39 is 55.7 Å². The Kier molecular flexibility index (Phi) is 6.44. The number of hydrogen-bond acceptors (Lipinski definition) is 7. The number of aliphatic hydroxyl groups excluding tert-OH is 4. The van der Waals surface area contributed by atoms with Crippen LogP contribution in [0.3, 0.4) is 0 Å². The van der Waals surface area contributed by atoms with Gasteiger partial charge in [-0.15, -0.1) is 13.2 Å². The maximum Gasteiger partial charge on any atom is 0.523 e. The lowest BCUT2D eigenvalue weighted by Gasteiger charge is -2.41. The van der Waals surface area contributed by atoms with Crippen LogP contribution in [0.4, 0.5) is 13.2 Å². The van der Waals surface area contributed by atoms with E-state index in [0.29, 0.717) is 0 Å². The maximum absolute atomic E-state index is 13.3. The Hall–Kier alpha value is -2.21. The summed E-state index contributed by atoms with van der Waals surface area (Å²) in [6, 6.07) is 13.3. The zero-order chi connectivity index (χ0) is 23.0. The van der Waals surface area contributed by atoms with Gasteiger partial charge in [-0.05, 0) is 17.2 Å². The summed E-state index contributed by atoms with van der Waals surface area (Å²) in [6.45, 7) is -0.661. The van der Waals surface area contributed by atoms with Gasteiger partial charge >= 0.3 is 6.36 Å². The average Bonchev–Trinajstić information content (AvgIpc) is 3.09. The highest BCUT2D eigenvalue weighted by Gasteiger charge is 2.49. The molecule has 7 unspecified atom stereocenters. The van der Waals surface area contributed by atoms with Gasteiger partial charge in [-0.3, -0.25) is 4.74 Å². The Bertz CT molecular complexity index is 921. The van der Waals surface area contributed by atoms with Gasteiger partial charge < -0.3 is 29.9 Å². The van der Waals surface area contributed by atoms with Gasteiger partial charge in [-0.1, -0.05) is 42.5 Å². The predicted molar refractivity (Wildman–Crippen MR) is 104 cm³/mol. The van der Waals surface area contributed by atoms with Gasteiger partial charge in [0, 0.05) is 12.0 Å². The van der Waals surface area contributed by atoms with E-state index in [1.807, 2.05) is 0 Å². The second-order valence-electron chi connectivity index (χ2n) is 7.84. The van der Waals surface area contributed by atoms with Crippen LogP contribution in [0.25, 0.3) is 0 Å². The largest absolute Gasteiger partial charge is 0.523 e. The zero-order valence-electron chi connectivity index (χ0n) is 16.7. The lowest BCUT2D eigenvalue weighted by atomic mass is 9.87. The van der Waals surface area contributed by atoms with E-state index in [1.54, 1.807) is 30.3 Å². The first kappa shape index (κ1) is 23.0. The normalized spacial score (nSPS) is 32.4. The van der Waals surface area contributed by atoms with Crippen LogP contribution < -0.4 is 4.74 Å². The van der Waals surface area contributed by atoms with Crippen molar-refractivity contribution in [3.05, 3.63) is 65.2 Å². The van der Waals surface area contributed by atoms with Crippen molar-refractivity contribution in [2.75, 3.05) is 6.61 Å². The summed E-state index contributed by atoms with van der Waals surface area (Å²) >= 11 is 0. The fourth-order valence-corrected chi connectivity index (χ4v) is 4.26. The quantitative estimate of drug-likeness (QED) is 0.543. The Morgan fingerprint density at radius 1 is 0.875 bits per heavy atom. The van der Waals surface area contributed by atoms with Crippen molar-refractivity contribution in [2.24, 2.45) is 0 Å². The molecule has 2 aromatic carbocycles. The van der Waals surface area contributed by atoms with Crippen molar-refractivity contribution in [1.29, 1.82) is 0 Å². The molecular formula is C22H23F3O7. The van der Waals surface area contributed by atoms with Gasteiger partial charge in [-0.25, -0.2) is 0 Å². The molecule has 0 radical (unpaired) electrons. The number of aliphatic hydroxyl groups is 4. The third-order valence-corrected chi connectivity index (χ3v) is 5.74. The van der Waals surface area contributed by atoms with Crippen molar-refractivity contribution in [1.82, 2.24) is 0 Å². The second kappa shape index (κ2) is 8.97. The minimum atomic E-state index is -4.97. The van der Waals surface area contributed by atoms with E-state index in [-0.39, 0.29) is 23.3 Å². The standard InChI is InChI=1S/C22H23F3O7/c23-22(24,25)32-21-14(9-11-5-2-1-3-6-11)30-13-8-4-7-12(16(13)21)20-19(29)18(28)17(27)15(10-26)31-20/h1-8,14-15,17-21,26-29H,9-10H2. The number of benzene rings is 2. The molecule has 174 valence electrons. The summed E-state index contributed by atoms with van der Waals surface area (Å²) in [5, 5.41) is 40.1. The molecule has 7 nitrogen and oxygen atoms in total. The highest BCUT2D eigenvalue weighted by Crippen LogP contribution is 2.48. The monoisotopic (exact) mass is 456 g/mol. The molecule has 1 saturated heterocycles. The molecule has 2 heterocycles. The molecular weight excluding hydrogens is 433 g/mol. The van der Waals surface area contributed by atoms with E-state index in [4.69, 9.17) is 9.47 Å². The molecule has 0 amide bonds. The van der Waals surface area contributed by atoms with E-state index >= 15 is 0 Å². The van der Waals surface area contributed by atoms with Crippen molar-refractivity contribution in [2.45, 2.75) is 55.5 Å². The summed E-state index contributed by atoms with van der Waals surface area (Å²) in [5.41, 5.74) is 0.898. The molecule has 0 spiro atoms. The zero-order valence-corrected chi connectivity index (χ0v) is 16.7. The molecule has 0 aliphatic carbocycles. The van der Waals surface area contributed by atoms with Gasteiger partial charge in [-0.2, -0.15) is 0 Å². The van der Waals surface area contributed by atoms with Crippen LogP contribution in [-0.2, 0) is 15.9 Å². The fraction of sp³-hybridized carbons (Fsp3) is 0.455. The summed E-state index contributed by atoms with van der Waals surface area (Å²) in [7, 11) is 0. The van der Waals surface area contributed by atoms with Gasteiger partial charge in [0.2, 0.25) is 0 Å². The molecule has 2 aliphatic heterocycles. The topological polar surface area (TPSA) is 109 Å². The minimum Gasteiger partial charge on any atom is -0.487 e. The van der Waals surface area contributed by atoms with E-state index in [0.717, 1.165) is 5.56 Å². The molecule has 2 aromatic rings. The Morgan fingerprint density at radius 3 is 2.25 bits per heavy atom. The number of alkyl halides is 3. The summed E-state index contributed by atoms with van der Waals surface area (Å²) in [6.07, 6.45) is -14.9. The molecule has 2 aliphatic rings. The van der Waals surface area contributed by atoms with E-state index in [2.05, 4.69) is 4.74 Å². The summed E-state index contributed by atoms with van der Waals surface area (Å²) in [4.78, 5) is 0. The van der Waals surface area contributed by atoms with Crippen LogP contribution in [0.2, 0.25) is 0 Å². The molecule has 0 bridgehead atoms. The Labute approximate surface area is 181 Å². The molecule has 0 aromatic heterocycles. The number of ether oxygens (including phenoxy) is 3. The lowest BCUT2D eigenvalue weighted by Crippen LogP contribution is -2.55. The van der Waals surface area contributed by atoms with E-state index in [9.17, 15) is 33.6 Å². The Balaban J connectivity index is 1.72. The van der Waals surface area contributed by atoms with Gasteiger partial charge in [0.15, 0.2) is 0 Å². The summed E-state index contributed by atoms with van der Waals surface area (Å²) < 4.78 is 55.8. The van der Waals surface area contributed by atoms with Crippen molar-refractivity contribution in [3.63, 3.8) is 0 Å². The Morgan fingerprint density at radius 2 is 1.59 bits per heavy atom. The molecule has 7 atom stereocenters. The smallest absolute Gasteiger partial charge is 0.487 e. The fourth-order valence-electron chi connectivity index (χ4n) is 4.26. The predicted octanol–water partition coefficient (Wildman–Crippen LogP) is 1.78. The lowest BCUT2D eigenvalue weighted by molar-refractivity contribution is -0.350. The molecule has 4 rings (SSSR count). The maximum atomic E-state index is 13.3. The average molecular weight is 456 g/mol. The SMILES string of the molecule is OCC1OC(c2cccc3c2C(OC(F)(F)F)C(Cc2ccccc2)O3)C(O)C(O)C1O.